The summed E-state index contributed by atoms with van der Waals surface area (Å²) >= 11 is 4.28. The first-order valence-corrected chi connectivity index (χ1v) is 8.48. The maximum Gasteiger partial charge on any atom is 0.325 e. The number of urea groups is 1. The number of thioether (sulfide) groups is 1. The van der Waals surface area contributed by atoms with Crippen molar-refractivity contribution in [1.82, 2.24) is 0 Å². The summed E-state index contributed by atoms with van der Waals surface area (Å²) in [6.07, 6.45) is 1.59. The van der Waals surface area contributed by atoms with Gasteiger partial charge in [0.05, 0.1) is 11.4 Å². The zero-order chi connectivity index (χ0) is 17.9. The molecule has 0 heterocycles. The van der Waals surface area contributed by atoms with E-state index in [-0.39, 0.29) is 5.17 Å². The van der Waals surface area contributed by atoms with E-state index in [0.29, 0.717) is 16.7 Å². The van der Waals surface area contributed by atoms with Crippen LogP contribution in [0.1, 0.15) is 0 Å². The van der Waals surface area contributed by atoms with E-state index in [4.69, 9.17) is 5.73 Å². The Hall–Kier alpha value is -2.00. The number of aliphatic imine (C=N–C) groups is 1. The molecule has 0 fully saturated rings. The van der Waals surface area contributed by atoms with Crippen LogP contribution in [0.5, 0.6) is 0 Å². The lowest BCUT2D eigenvalue weighted by Crippen LogP contribution is -2.40. The maximum atomic E-state index is 14.0. The highest BCUT2D eigenvalue weighted by Gasteiger charge is 2.25. The summed E-state index contributed by atoms with van der Waals surface area (Å²) in [5, 5.41) is 0.00901. The highest BCUT2D eigenvalue weighted by atomic mass is 79.9. The molecule has 0 radical (unpaired) electrons. The third-order valence-electron chi connectivity index (χ3n) is 2.90. The van der Waals surface area contributed by atoms with Crippen LogP contribution in [0.4, 0.5) is 29.3 Å². The molecule has 0 aliphatic carbocycles. The third-order valence-corrected chi connectivity index (χ3v) is 4.07. The second-order valence-corrected chi connectivity index (χ2v) is 6.13. The highest BCUT2D eigenvalue weighted by Crippen LogP contribution is 2.27. The number of amidine groups is 1. The van der Waals surface area contributed by atoms with Gasteiger partial charge < -0.3 is 5.73 Å². The number of halogens is 4. The van der Waals surface area contributed by atoms with Crippen LogP contribution in [0.3, 0.4) is 0 Å². The molecule has 9 heteroatoms. The third kappa shape index (κ3) is 3.90. The van der Waals surface area contributed by atoms with E-state index in [0.717, 1.165) is 22.3 Å². The van der Waals surface area contributed by atoms with Crippen molar-refractivity contribution in [3.8, 4) is 0 Å². The summed E-state index contributed by atoms with van der Waals surface area (Å²) in [5.41, 5.74) is 5.23. The summed E-state index contributed by atoms with van der Waals surface area (Å²) in [5.74, 6) is -4.58. The van der Waals surface area contributed by atoms with Gasteiger partial charge in [-0.05, 0) is 42.7 Å². The Morgan fingerprint density at radius 1 is 1.12 bits per heavy atom. The molecule has 2 amide bonds. The molecular formula is C15H11BrF3N3OS. The molecule has 0 spiro atoms. The normalized spacial score (nSPS) is 11.5. The minimum Gasteiger partial charge on any atom is -0.351 e. The molecule has 0 atom stereocenters. The Morgan fingerprint density at radius 3 is 2.29 bits per heavy atom. The summed E-state index contributed by atoms with van der Waals surface area (Å²) in [7, 11) is 0. The van der Waals surface area contributed by atoms with Crippen LogP contribution >= 0.6 is 27.7 Å². The number of hydrogen-bond donors (Lipinski definition) is 1. The van der Waals surface area contributed by atoms with Gasteiger partial charge in [-0.2, -0.15) is 0 Å². The Morgan fingerprint density at radius 2 is 1.75 bits per heavy atom. The molecule has 24 heavy (non-hydrogen) atoms. The average Bonchev–Trinajstić information content (AvgIpc) is 2.55. The molecule has 0 bridgehead atoms. The average molecular weight is 418 g/mol. The molecule has 0 aliphatic heterocycles. The van der Waals surface area contributed by atoms with Crippen molar-refractivity contribution in [3.63, 3.8) is 0 Å². The molecule has 0 saturated heterocycles. The lowest BCUT2D eigenvalue weighted by molar-refractivity contribution is 0.256. The summed E-state index contributed by atoms with van der Waals surface area (Å²) < 4.78 is 41.4. The van der Waals surface area contributed by atoms with Crippen LogP contribution in [-0.4, -0.2) is 17.5 Å². The van der Waals surface area contributed by atoms with E-state index in [2.05, 4.69) is 20.9 Å². The smallest absolute Gasteiger partial charge is 0.325 e. The standard InChI is InChI=1S/C15H11BrF3N3OS/c1-24-15(21-9-4-2-8(16)3-5-9)22(14(20)23)11-7-6-10(17)12(18)13(11)19/h2-7H,1H3,(H2,20,23). The first kappa shape index (κ1) is 18.3. The van der Waals surface area contributed by atoms with Gasteiger partial charge in [-0.25, -0.2) is 27.9 Å². The second-order valence-electron chi connectivity index (χ2n) is 4.44. The van der Waals surface area contributed by atoms with Crippen molar-refractivity contribution < 1.29 is 18.0 Å². The number of amides is 2. The maximum absolute atomic E-state index is 14.0. The molecule has 2 rings (SSSR count). The van der Waals surface area contributed by atoms with Crippen molar-refractivity contribution >= 4 is 50.3 Å². The molecule has 2 N–H and O–H groups in total. The van der Waals surface area contributed by atoms with Gasteiger partial charge in [-0.3, -0.25) is 0 Å². The van der Waals surface area contributed by atoms with Crippen molar-refractivity contribution in [2.75, 3.05) is 11.2 Å². The zero-order valence-electron chi connectivity index (χ0n) is 12.3. The van der Waals surface area contributed by atoms with Gasteiger partial charge in [0.25, 0.3) is 0 Å². The topological polar surface area (TPSA) is 58.7 Å². The van der Waals surface area contributed by atoms with Crippen molar-refractivity contribution in [2.24, 2.45) is 10.7 Å². The minimum atomic E-state index is -1.69. The number of carbonyl (C=O) groups excluding carboxylic acids is 1. The van der Waals surface area contributed by atoms with E-state index in [1.54, 1.807) is 30.5 Å². The number of nitrogens with zero attached hydrogens (tertiary/aromatic N) is 2. The molecule has 0 unspecified atom stereocenters. The number of nitrogens with two attached hydrogens (primary N) is 1. The van der Waals surface area contributed by atoms with Gasteiger partial charge in [0.1, 0.15) is 0 Å². The Kier molecular flexibility index (Phi) is 5.89. The van der Waals surface area contributed by atoms with Crippen LogP contribution in [0.15, 0.2) is 45.9 Å². The van der Waals surface area contributed by atoms with Gasteiger partial charge in [0.15, 0.2) is 22.6 Å². The van der Waals surface area contributed by atoms with Gasteiger partial charge in [-0.1, -0.05) is 27.7 Å². The fourth-order valence-corrected chi connectivity index (χ4v) is 2.65. The number of rotatable bonds is 2. The fourth-order valence-electron chi connectivity index (χ4n) is 1.82. The lowest BCUT2D eigenvalue weighted by Gasteiger charge is -2.21. The summed E-state index contributed by atoms with van der Waals surface area (Å²) in [4.78, 5) is 16.7. The number of anilines is 1. The highest BCUT2D eigenvalue weighted by molar-refractivity contribution is 9.10. The van der Waals surface area contributed by atoms with Crippen molar-refractivity contribution in [1.29, 1.82) is 0 Å². The van der Waals surface area contributed by atoms with E-state index >= 15 is 0 Å². The Labute approximate surface area is 148 Å². The SMILES string of the molecule is CSC(=Nc1ccc(Br)cc1)N(C(N)=O)c1ccc(F)c(F)c1F. The molecule has 2 aromatic carbocycles. The van der Waals surface area contributed by atoms with Crippen LogP contribution in [0.2, 0.25) is 0 Å². The van der Waals surface area contributed by atoms with Gasteiger partial charge in [-0.15, -0.1) is 0 Å². The number of carbonyl (C=O) groups is 1. The van der Waals surface area contributed by atoms with Gasteiger partial charge in [0, 0.05) is 4.47 Å². The van der Waals surface area contributed by atoms with Crippen molar-refractivity contribution in [3.05, 3.63) is 58.3 Å². The molecule has 0 aromatic heterocycles. The zero-order valence-corrected chi connectivity index (χ0v) is 14.7. The van der Waals surface area contributed by atoms with E-state index in [9.17, 15) is 18.0 Å². The molecule has 126 valence electrons. The predicted octanol–water partition coefficient (Wildman–Crippen LogP) is 4.80. The van der Waals surface area contributed by atoms with Crippen molar-refractivity contribution in [2.45, 2.75) is 0 Å². The van der Waals surface area contributed by atoms with Crippen LogP contribution in [0.25, 0.3) is 0 Å². The van der Waals surface area contributed by atoms with E-state index in [1.807, 2.05) is 0 Å². The quantitative estimate of drug-likeness (QED) is 0.433. The summed E-state index contributed by atoms with van der Waals surface area (Å²) in [6, 6.07) is 7.31. The second kappa shape index (κ2) is 7.71. The molecule has 0 aliphatic rings. The Balaban J connectivity index is 2.54. The van der Waals surface area contributed by atoms with Crippen LogP contribution < -0.4 is 10.6 Å². The fraction of sp³-hybridized carbons (Fsp3) is 0.0667. The Bertz CT molecular complexity index is 799. The van der Waals surface area contributed by atoms with E-state index < -0.39 is 29.2 Å². The first-order chi connectivity index (χ1) is 11.3. The summed E-state index contributed by atoms with van der Waals surface area (Å²) in [6.45, 7) is 0. The molecule has 4 nitrogen and oxygen atoms in total. The monoisotopic (exact) mass is 417 g/mol. The van der Waals surface area contributed by atoms with E-state index in [1.165, 1.54) is 0 Å². The lowest BCUT2D eigenvalue weighted by atomic mass is 10.2. The molecular weight excluding hydrogens is 407 g/mol. The molecule has 0 saturated carbocycles. The predicted molar refractivity (Wildman–Crippen MR) is 93.1 cm³/mol. The van der Waals surface area contributed by atoms with Gasteiger partial charge >= 0.3 is 6.03 Å². The van der Waals surface area contributed by atoms with Crippen LogP contribution in [-0.2, 0) is 0 Å². The minimum absolute atomic E-state index is 0.00901. The van der Waals surface area contributed by atoms with Crippen LogP contribution in [0, 0.1) is 17.5 Å². The van der Waals surface area contributed by atoms with Gasteiger partial charge in [0.2, 0.25) is 0 Å². The number of hydrogen-bond acceptors (Lipinski definition) is 3. The first-order valence-electron chi connectivity index (χ1n) is 6.46. The molecule has 2 aromatic rings. The number of benzene rings is 2. The number of primary amides is 1. The largest absolute Gasteiger partial charge is 0.351 e.